The fraction of sp³-hybridized carbons (Fsp3) is 1.00. The Balaban J connectivity index is 2.58. The van der Waals surface area contributed by atoms with Gasteiger partial charge in [-0.1, -0.05) is 20.8 Å². The van der Waals surface area contributed by atoms with Gasteiger partial charge < -0.3 is 14.3 Å². The maximum atomic E-state index is 9.49. The molecule has 4 heteroatoms. The van der Waals surface area contributed by atoms with Gasteiger partial charge in [-0.2, -0.15) is 0 Å². The van der Waals surface area contributed by atoms with E-state index in [1.165, 1.54) is 0 Å². The molecule has 0 aromatic carbocycles. The van der Waals surface area contributed by atoms with E-state index >= 15 is 0 Å². The maximum absolute atomic E-state index is 9.49. The summed E-state index contributed by atoms with van der Waals surface area (Å²) in [5.74, 6) is 0. The number of aliphatic hydroxyl groups excluding tert-OH is 1. The Morgan fingerprint density at radius 2 is 1.93 bits per heavy atom. The van der Waals surface area contributed by atoms with Crippen molar-refractivity contribution in [2.45, 2.75) is 57.7 Å². The third-order valence-electron chi connectivity index (χ3n) is 3.26. The van der Waals surface area contributed by atoms with Crippen molar-refractivity contribution in [2.75, 3.05) is 6.61 Å². The summed E-state index contributed by atoms with van der Waals surface area (Å²) in [5.41, 5.74) is 0. The first-order valence-electron chi connectivity index (χ1n) is 5.21. The molecule has 14 heavy (non-hydrogen) atoms. The molecule has 1 fully saturated rings. The zero-order valence-corrected chi connectivity index (χ0v) is 10.8. The molecule has 0 aromatic rings. The van der Waals surface area contributed by atoms with Crippen molar-refractivity contribution < 1.29 is 14.3 Å². The summed E-state index contributed by atoms with van der Waals surface area (Å²) in [6.45, 7) is 11.6. The third-order valence-corrected chi connectivity index (χ3v) is 7.77. The van der Waals surface area contributed by atoms with Gasteiger partial charge in [-0.05, 0) is 18.1 Å². The van der Waals surface area contributed by atoms with Crippen LogP contribution >= 0.6 is 0 Å². The zero-order valence-electron chi connectivity index (χ0n) is 9.83. The lowest BCUT2D eigenvalue weighted by atomic mass is 10.2. The van der Waals surface area contributed by atoms with Crippen LogP contribution in [0.5, 0.6) is 0 Å². The van der Waals surface area contributed by atoms with Gasteiger partial charge in [0.15, 0.2) is 14.6 Å². The second-order valence-corrected chi connectivity index (χ2v) is 10.2. The van der Waals surface area contributed by atoms with Gasteiger partial charge in [0.05, 0.1) is 12.7 Å². The normalized spacial score (nSPS) is 29.6. The molecule has 84 valence electrons. The van der Waals surface area contributed by atoms with Crippen molar-refractivity contribution in [2.24, 2.45) is 0 Å². The van der Waals surface area contributed by atoms with Crippen molar-refractivity contribution in [3.63, 3.8) is 0 Å². The molecule has 0 spiro atoms. The van der Waals surface area contributed by atoms with E-state index in [0.717, 1.165) is 6.42 Å². The van der Waals surface area contributed by atoms with E-state index in [9.17, 15) is 5.11 Å². The van der Waals surface area contributed by atoms with E-state index in [4.69, 9.17) is 9.16 Å². The minimum Gasteiger partial charge on any atom is -0.409 e. The standard InChI is InChI=1S/C10H22O3Si/c1-10(2,3)14(4,5)13-8-6-7-12-9(8)11/h8-9,11H,6-7H2,1-5H3. The highest BCUT2D eigenvalue weighted by molar-refractivity contribution is 6.74. The first-order valence-corrected chi connectivity index (χ1v) is 8.12. The molecule has 2 atom stereocenters. The Labute approximate surface area is 87.5 Å². The largest absolute Gasteiger partial charge is 0.409 e. The van der Waals surface area contributed by atoms with Crippen LogP contribution in [0.3, 0.4) is 0 Å². The zero-order chi connectivity index (χ0) is 11.0. The third kappa shape index (κ3) is 2.57. The van der Waals surface area contributed by atoms with Crippen LogP contribution in [0.15, 0.2) is 0 Å². The van der Waals surface area contributed by atoms with E-state index < -0.39 is 14.6 Å². The fourth-order valence-electron chi connectivity index (χ4n) is 1.23. The van der Waals surface area contributed by atoms with Crippen LogP contribution in [0, 0.1) is 0 Å². The first kappa shape index (κ1) is 12.2. The predicted octanol–water partition coefficient (Wildman–Crippen LogP) is 2.12. The molecule has 1 rings (SSSR count). The quantitative estimate of drug-likeness (QED) is 0.722. The summed E-state index contributed by atoms with van der Waals surface area (Å²) in [6.07, 6.45) is -0.0201. The average molecular weight is 218 g/mol. The van der Waals surface area contributed by atoms with Gasteiger partial charge in [-0.3, -0.25) is 0 Å². The molecular formula is C10H22O3Si. The number of aliphatic hydroxyl groups is 1. The van der Waals surface area contributed by atoms with E-state index in [1.807, 2.05) is 0 Å². The lowest BCUT2D eigenvalue weighted by Gasteiger charge is -2.38. The molecule has 3 nitrogen and oxygen atoms in total. The highest BCUT2D eigenvalue weighted by Crippen LogP contribution is 2.38. The van der Waals surface area contributed by atoms with Crippen LogP contribution in [-0.4, -0.2) is 32.4 Å². The van der Waals surface area contributed by atoms with E-state index in [2.05, 4.69) is 33.9 Å². The second kappa shape index (κ2) is 3.93. The molecule has 1 N–H and O–H groups in total. The molecule has 1 aliphatic rings. The Morgan fingerprint density at radius 3 is 2.29 bits per heavy atom. The highest BCUT2D eigenvalue weighted by atomic mass is 28.4. The molecule has 0 bridgehead atoms. The van der Waals surface area contributed by atoms with Gasteiger partial charge >= 0.3 is 0 Å². The molecule has 1 saturated heterocycles. The summed E-state index contributed by atoms with van der Waals surface area (Å²) < 4.78 is 11.1. The minimum absolute atomic E-state index is 0.115. The SMILES string of the molecule is CC(C)(C)[Si](C)(C)OC1CCOC1O. The van der Waals surface area contributed by atoms with Gasteiger partial charge in [0.25, 0.3) is 0 Å². The number of hydrogen-bond donors (Lipinski definition) is 1. The van der Waals surface area contributed by atoms with Gasteiger partial charge in [0.1, 0.15) is 0 Å². The molecule has 0 aliphatic carbocycles. The molecule has 1 aliphatic heterocycles. The monoisotopic (exact) mass is 218 g/mol. The van der Waals surface area contributed by atoms with Gasteiger partial charge in [-0.15, -0.1) is 0 Å². The fourth-order valence-corrected chi connectivity index (χ4v) is 2.57. The van der Waals surface area contributed by atoms with Crippen LogP contribution < -0.4 is 0 Å². The number of ether oxygens (including phenoxy) is 1. The lowest BCUT2D eigenvalue weighted by molar-refractivity contribution is -0.104. The highest BCUT2D eigenvalue weighted by Gasteiger charge is 2.41. The Morgan fingerprint density at radius 1 is 1.36 bits per heavy atom. The van der Waals surface area contributed by atoms with Crippen LogP contribution in [0.25, 0.3) is 0 Å². The number of rotatable bonds is 2. The van der Waals surface area contributed by atoms with Crippen LogP contribution in [-0.2, 0) is 9.16 Å². The Kier molecular flexibility index (Phi) is 3.41. The smallest absolute Gasteiger partial charge is 0.192 e. The first-order chi connectivity index (χ1) is 6.24. The molecule has 0 saturated carbocycles. The molecule has 1 heterocycles. The Bertz CT molecular complexity index is 198. The summed E-state index contributed by atoms with van der Waals surface area (Å²) in [5, 5.41) is 9.68. The van der Waals surface area contributed by atoms with Crippen molar-refractivity contribution in [3.8, 4) is 0 Å². The van der Waals surface area contributed by atoms with Crippen molar-refractivity contribution in [1.29, 1.82) is 0 Å². The van der Waals surface area contributed by atoms with Crippen molar-refractivity contribution in [3.05, 3.63) is 0 Å². The van der Waals surface area contributed by atoms with Gasteiger partial charge in [0, 0.05) is 6.42 Å². The molecule has 2 unspecified atom stereocenters. The number of hydrogen-bond acceptors (Lipinski definition) is 3. The summed E-state index contributed by atoms with van der Waals surface area (Å²) in [7, 11) is -1.75. The van der Waals surface area contributed by atoms with E-state index in [1.54, 1.807) is 0 Å². The van der Waals surface area contributed by atoms with Crippen LogP contribution in [0.2, 0.25) is 18.1 Å². The van der Waals surface area contributed by atoms with Crippen molar-refractivity contribution >= 4 is 8.32 Å². The minimum atomic E-state index is -1.75. The predicted molar refractivity (Wildman–Crippen MR) is 58.6 cm³/mol. The Hall–Kier alpha value is 0.0969. The summed E-state index contributed by atoms with van der Waals surface area (Å²) >= 11 is 0. The van der Waals surface area contributed by atoms with Crippen LogP contribution in [0.4, 0.5) is 0 Å². The molecule has 0 radical (unpaired) electrons. The van der Waals surface area contributed by atoms with Gasteiger partial charge in [0.2, 0.25) is 0 Å². The lowest BCUT2D eigenvalue weighted by Crippen LogP contribution is -2.45. The average Bonchev–Trinajstić information content (AvgIpc) is 2.33. The summed E-state index contributed by atoms with van der Waals surface area (Å²) in [6, 6.07) is 0. The van der Waals surface area contributed by atoms with Gasteiger partial charge in [-0.25, -0.2) is 0 Å². The maximum Gasteiger partial charge on any atom is 0.192 e. The topological polar surface area (TPSA) is 38.7 Å². The van der Waals surface area contributed by atoms with E-state index in [-0.39, 0.29) is 11.1 Å². The second-order valence-electron chi connectivity index (χ2n) is 5.47. The van der Waals surface area contributed by atoms with Crippen LogP contribution in [0.1, 0.15) is 27.2 Å². The summed E-state index contributed by atoms with van der Waals surface area (Å²) in [4.78, 5) is 0. The molecule has 0 aromatic heterocycles. The molecule has 0 amide bonds. The molecular weight excluding hydrogens is 196 g/mol. The van der Waals surface area contributed by atoms with E-state index in [0.29, 0.717) is 6.61 Å². The van der Waals surface area contributed by atoms with Crippen molar-refractivity contribution in [1.82, 2.24) is 0 Å².